The fraction of sp³-hybridized carbons (Fsp3) is 0.500. The number of alkyl halides is 1. The molecule has 92 valence electrons. The molecule has 1 aromatic heterocycles. The molecular weight excluding hydrogens is 221 g/mol. The number of carbonyl (C=O) groups excluding carboxylic acids is 1. The molecule has 1 saturated heterocycles. The van der Waals surface area contributed by atoms with E-state index in [0.29, 0.717) is 18.7 Å². The molecular formula is C12H16FN3O. The Balaban J connectivity index is 2.02. The first-order valence-corrected chi connectivity index (χ1v) is 5.78. The van der Waals surface area contributed by atoms with Gasteiger partial charge in [0.05, 0.1) is 5.69 Å². The molecule has 2 heterocycles. The topological polar surface area (TPSA) is 54.0 Å². The second kappa shape index (κ2) is 5.12. The summed E-state index contributed by atoms with van der Waals surface area (Å²) in [5.41, 5.74) is 1.23. The minimum Gasteiger partial charge on any atom is -0.382 e. The first kappa shape index (κ1) is 11.8. The van der Waals surface area contributed by atoms with Gasteiger partial charge in [-0.05, 0) is 25.5 Å². The Bertz CT molecular complexity index is 408. The highest BCUT2D eigenvalue weighted by Crippen LogP contribution is 2.19. The highest BCUT2D eigenvalue weighted by Gasteiger charge is 2.18. The van der Waals surface area contributed by atoms with Crippen LogP contribution in [0.2, 0.25) is 0 Å². The SMILES string of the molecule is CC(F)c1cc(NC2CCNC(=O)C2)ccn1. The fourth-order valence-electron chi connectivity index (χ4n) is 1.90. The zero-order chi connectivity index (χ0) is 12.3. The van der Waals surface area contributed by atoms with Gasteiger partial charge in [-0.2, -0.15) is 0 Å². The Morgan fingerprint density at radius 1 is 1.65 bits per heavy atom. The lowest BCUT2D eigenvalue weighted by molar-refractivity contribution is -0.122. The number of carbonyl (C=O) groups is 1. The van der Waals surface area contributed by atoms with E-state index in [9.17, 15) is 9.18 Å². The maximum Gasteiger partial charge on any atom is 0.222 e. The second-order valence-corrected chi connectivity index (χ2v) is 4.27. The van der Waals surface area contributed by atoms with E-state index in [1.165, 1.54) is 6.92 Å². The third-order valence-corrected chi connectivity index (χ3v) is 2.81. The van der Waals surface area contributed by atoms with Crippen molar-refractivity contribution in [2.24, 2.45) is 0 Å². The molecule has 1 aromatic rings. The van der Waals surface area contributed by atoms with E-state index in [2.05, 4.69) is 15.6 Å². The van der Waals surface area contributed by atoms with Crippen molar-refractivity contribution in [3.05, 3.63) is 24.0 Å². The molecule has 2 atom stereocenters. The van der Waals surface area contributed by atoms with Crippen molar-refractivity contribution in [2.45, 2.75) is 32.0 Å². The third kappa shape index (κ3) is 3.15. The number of rotatable bonds is 3. The minimum atomic E-state index is -1.08. The standard InChI is InChI=1S/C12H16FN3O/c1-8(13)11-6-9(2-4-14-11)16-10-3-5-15-12(17)7-10/h2,4,6,8,10H,3,5,7H2,1H3,(H,14,16)(H,15,17). The summed E-state index contributed by atoms with van der Waals surface area (Å²) in [6.07, 6.45) is 1.85. The van der Waals surface area contributed by atoms with Crippen LogP contribution in [0.3, 0.4) is 0 Å². The van der Waals surface area contributed by atoms with Crippen LogP contribution in [0.5, 0.6) is 0 Å². The molecule has 1 aliphatic rings. The number of aromatic nitrogens is 1. The summed E-state index contributed by atoms with van der Waals surface area (Å²) in [6, 6.07) is 3.60. The molecule has 0 aliphatic carbocycles. The van der Waals surface area contributed by atoms with Crippen molar-refractivity contribution >= 4 is 11.6 Å². The van der Waals surface area contributed by atoms with E-state index in [1.54, 1.807) is 18.3 Å². The molecule has 1 aliphatic heterocycles. The average Bonchev–Trinajstić information content (AvgIpc) is 2.29. The van der Waals surface area contributed by atoms with Gasteiger partial charge in [-0.25, -0.2) is 4.39 Å². The van der Waals surface area contributed by atoms with Crippen LogP contribution in [-0.2, 0) is 4.79 Å². The number of pyridine rings is 1. The van der Waals surface area contributed by atoms with Crippen LogP contribution < -0.4 is 10.6 Å². The quantitative estimate of drug-likeness (QED) is 0.843. The third-order valence-electron chi connectivity index (χ3n) is 2.81. The number of hydrogen-bond acceptors (Lipinski definition) is 3. The Hall–Kier alpha value is -1.65. The highest BCUT2D eigenvalue weighted by molar-refractivity contribution is 5.77. The Morgan fingerprint density at radius 2 is 2.47 bits per heavy atom. The predicted molar refractivity (Wildman–Crippen MR) is 63.4 cm³/mol. The molecule has 0 saturated carbocycles. The molecule has 2 rings (SSSR count). The molecule has 4 nitrogen and oxygen atoms in total. The number of anilines is 1. The average molecular weight is 237 g/mol. The monoisotopic (exact) mass is 237 g/mol. The fourth-order valence-corrected chi connectivity index (χ4v) is 1.90. The molecule has 0 bridgehead atoms. The van der Waals surface area contributed by atoms with Gasteiger partial charge < -0.3 is 10.6 Å². The van der Waals surface area contributed by atoms with Gasteiger partial charge in [0.15, 0.2) is 0 Å². The zero-order valence-electron chi connectivity index (χ0n) is 9.74. The summed E-state index contributed by atoms with van der Waals surface area (Å²) in [7, 11) is 0. The lowest BCUT2D eigenvalue weighted by atomic mass is 10.1. The van der Waals surface area contributed by atoms with Crippen LogP contribution in [0, 0.1) is 0 Å². The van der Waals surface area contributed by atoms with Crippen LogP contribution in [0.15, 0.2) is 18.3 Å². The molecule has 2 unspecified atom stereocenters. The van der Waals surface area contributed by atoms with Crippen molar-refractivity contribution in [1.82, 2.24) is 10.3 Å². The van der Waals surface area contributed by atoms with Crippen molar-refractivity contribution in [3.8, 4) is 0 Å². The van der Waals surface area contributed by atoms with Gasteiger partial charge in [-0.3, -0.25) is 9.78 Å². The van der Waals surface area contributed by atoms with E-state index in [1.807, 2.05) is 0 Å². The molecule has 0 aromatic carbocycles. The predicted octanol–water partition coefficient (Wildman–Crippen LogP) is 1.80. The van der Waals surface area contributed by atoms with Crippen LogP contribution >= 0.6 is 0 Å². The van der Waals surface area contributed by atoms with Gasteiger partial charge in [0.1, 0.15) is 6.17 Å². The number of halogens is 1. The number of piperidine rings is 1. The smallest absolute Gasteiger partial charge is 0.222 e. The van der Waals surface area contributed by atoms with Crippen LogP contribution in [-0.4, -0.2) is 23.5 Å². The number of amides is 1. The Kier molecular flexibility index (Phi) is 3.56. The molecule has 1 fully saturated rings. The van der Waals surface area contributed by atoms with E-state index in [0.717, 1.165) is 12.1 Å². The Morgan fingerprint density at radius 3 is 3.18 bits per heavy atom. The first-order valence-electron chi connectivity index (χ1n) is 5.78. The van der Waals surface area contributed by atoms with Crippen LogP contribution in [0.25, 0.3) is 0 Å². The molecule has 1 amide bonds. The van der Waals surface area contributed by atoms with Crippen molar-refractivity contribution in [1.29, 1.82) is 0 Å². The van der Waals surface area contributed by atoms with Gasteiger partial charge in [-0.1, -0.05) is 0 Å². The van der Waals surface area contributed by atoms with Gasteiger partial charge in [0, 0.05) is 30.9 Å². The first-order chi connectivity index (χ1) is 8.15. The van der Waals surface area contributed by atoms with Gasteiger partial charge in [-0.15, -0.1) is 0 Å². The maximum atomic E-state index is 13.1. The van der Waals surface area contributed by atoms with Crippen molar-refractivity contribution in [3.63, 3.8) is 0 Å². The summed E-state index contributed by atoms with van der Waals surface area (Å²) in [5, 5.41) is 6.02. The highest BCUT2D eigenvalue weighted by atomic mass is 19.1. The van der Waals surface area contributed by atoms with Crippen molar-refractivity contribution < 1.29 is 9.18 Å². The van der Waals surface area contributed by atoms with Crippen LogP contribution in [0.4, 0.5) is 10.1 Å². The Labute approximate surface area is 99.6 Å². The van der Waals surface area contributed by atoms with Gasteiger partial charge in [0.25, 0.3) is 0 Å². The van der Waals surface area contributed by atoms with Crippen molar-refractivity contribution in [2.75, 3.05) is 11.9 Å². The van der Waals surface area contributed by atoms with Crippen LogP contribution in [0.1, 0.15) is 31.6 Å². The lowest BCUT2D eigenvalue weighted by Crippen LogP contribution is -2.39. The number of nitrogens with one attached hydrogen (secondary N) is 2. The van der Waals surface area contributed by atoms with E-state index >= 15 is 0 Å². The maximum absolute atomic E-state index is 13.1. The van der Waals surface area contributed by atoms with Gasteiger partial charge in [0.2, 0.25) is 5.91 Å². The zero-order valence-corrected chi connectivity index (χ0v) is 9.74. The van der Waals surface area contributed by atoms with E-state index < -0.39 is 6.17 Å². The molecule has 17 heavy (non-hydrogen) atoms. The van der Waals surface area contributed by atoms with Gasteiger partial charge >= 0.3 is 0 Å². The molecule has 5 heteroatoms. The minimum absolute atomic E-state index is 0.0573. The number of hydrogen-bond donors (Lipinski definition) is 2. The summed E-state index contributed by atoms with van der Waals surface area (Å²) >= 11 is 0. The van der Waals surface area contributed by atoms with E-state index in [4.69, 9.17) is 0 Å². The largest absolute Gasteiger partial charge is 0.382 e. The number of nitrogens with zero attached hydrogens (tertiary/aromatic N) is 1. The summed E-state index contributed by atoms with van der Waals surface area (Å²) < 4.78 is 13.1. The lowest BCUT2D eigenvalue weighted by Gasteiger charge is -2.24. The second-order valence-electron chi connectivity index (χ2n) is 4.27. The summed E-state index contributed by atoms with van der Waals surface area (Å²) in [4.78, 5) is 15.2. The molecule has 2 N–H and O–H groups in total. The molecule has 0 radical (unpaired) electrons. The van der Waals surface area contributed by atoms with E-state index in [-0.39, 0.29) is 11.9 Å². The summed E-state index contributed by atoms with van der Waals surface area (Å²) in [6.45, 7) is 2.15. The molecule has 0 spiro atoms. The normalized spacial score (nSPS) is 21.8. The summed E-state index contributed by atoms with van der Waals surface area (Å²) in [5.74, 6) is 0.0573.